The van der Waals surface area contributed by atoms with Crippen LogP contribution >= 0.6 is 11.3 Å². The van der Waals surface area contributed by atoms with Crippen molar-refractivity contribution in [3.63, 3.8) is 0 Å². The van der Waals surface area contributed by atoms with Gasteiger partial charge in [-0.1, -0.05) is 12.1 Å². The number of halogens is 2. The average Bonchev–Trinajstić information content (AvgIpc) is 3.03. The molecule has 0 fully saturated rings. The largest absolute Gasteiger partial charge is 0.493 e. The molecule has 1 N–H and O–H groups in total. The molecule has 1 heterocycles. The van der Waals surface area contributed by atoms with Crippen LogP contribution in [-0.4, -0.2) is 30.6 Å². The van der Waals surface area contributed by atoms with Crippen molar-refractivity contribution in [1.29, 1.82) is 0 Å². The Bertz CT molecular complexity index is 783. The van der Waals surface area contributed by atoms with E-state index >= 15 is 0 Å². The molecule has 0 amide bonds. The van der Waals surface area contributed by atoms with Gasteiger partial charge in [0.2, 0.25) is 0 Å². The Morgan fingerprint density at radius 2 is 1.92 bits per heavy atom. The number of hydrogen-bond acceptors (Lipinski definition) is 5. The topological polar surface area (TPSA) is 72.8 Å². The number of alkyl halides is 2. The van der Waals surface area contributed by atoms with E-state index in [1.165, 1.54) is 37.5 Å². The highest BCUT2D eigenvalue weighted by Crippen LogP contribution is 2.33. The van der Waals surface area contributed by atoms with E-state index in [0.717, 1.165) is 17.4 Å². The first-order valence-electron chi connectivity index (χ1n) is 6.59. The van der Waals surface area contributed by atoms with E-state index in [0.29, 0.717) is 0 Å². The third-order valence-corrected chi connectivity index (χ3v) is 4.00. The number of carboxylic acids is 1. The molecule has 1 aromatic carbocycles. The molecule has 0 saturated carbocycles. The monoisotopic (exact) mass is 354 g/mol. The molecule has 0 aliphatic carbocycles. The first kappa shape index (κ1) is 17.6. The predicted molar refractivity (Wildman–Crippen MR) is 84.3 cm³/mol. The summed E-state index contributed by atoms with van der Waals surface area (Å²) in [6, 6.07) is 7.22. The number of para-hydroxylation sites is 1. The first-order valence-corrected chi connectivity index (χ1v) is 7.41. The molecule has 5 nitrogen and oxygen atoms in total. The first-order chi connectivity index (χ1) is 11.4. The maximum Gasteiger partial charge on any atom is 0.387 e. The summed E-state index contributed by atoms with van der Waals surface area (Å²) in [7, 11) is 1.31. The molecule has 0 aliphatic heterocycles. The van der Waals surface area contributed by atoms with Crippen LogP contribution in [0.4, 0.5) is 8.78 Å². The lowest BCUT2D eigenvalue weighted by Crippen LogP contribution is -2.05. The molecule has 0 aliphatic rings. The number of ether oxygens (including phenoxy) is 2. The number of carbonyl (C=O) groups excluding carboxylic acids is 1. The molecule has 0 radical (unpaired) electrons. The SMILES string of the molecule is COc1cccc(/C=C/C(=O)c2ccc(C(=O)O)s2)c1OC(F)F. The molecule has 1 aromatic heterocycles. The minimum Gasteiger partial charge on any atom is -0.493 e. The number of rotatable bonds is 7. The van der Waals surface area contributed by atoms with Gasteiger partial charge in [0.1, 0.15) is 4.88 Å². The van der Waals surface area contributed by atoms with Gasteiger partial charge < -0.3 is 14.6 Å². The van der Waals surface area contributed by atoms with E-state index in [-0.39, 0.29) is 26.8 Å². The van der Waals surface area contributed by atoms with Gasteiger partial charge >= 0.3 is 12.6 Å². The molecule has 0 spiro atoms. The standard InChI is InChI=1S/C16H12F2O5S/c1-22-11-4-2-3-9(14(11)23-16(17)18)5-6-10(19)12-7-8-13(24-12)15(20)21/h2-8,16H,1H3,(H,20,21)/b6-5+. The lowest BCUT2D eigenvalue weighted by atomic mass is 10.1. The van der Waals surface area contributed by atoms with E-state index in [2.05, 4.69) is 4.74 Å². The van der Waals surface area contributed by atoms with Crippen molar-refractivity contribution in [2.24, 2.45) is 0 Å². The molecule has 126 valence electrons. The Balaban J connectivity index is 2.27. The minimum absolute atomic E-state index is 0.0369. The smallest absolute Gasteiger partial charge is 0.387 e. The van der Waals surface area contributed by atoms with Gasteiger partial charge in [0, 0.05) is 5.56 Å². The normalized spacial score (nSPS) is 11.0. The van der Waals surface area contributed by atoms with Gasteiger partial charge in [-0.25, -0.2) is 4.79 Å². The van der Waals surface area contributed by atoms with Gasteiger partial charge in [-0.05, 0) is 30.4 Å². The maximum atomic E-state index is 12.5. The molecular weight excluding hydrogens is 342 g/mol. The van der Waals surface area contributed by atoms with E-state index in [1.807, 2.05) is 0 Å². The molecule has 2 aromatic rings. The summed E-state index contributed by atoms with van der Waals surface area (Å²) in [5, 5.41) is 8.85. The highest BCUT2D eigenvalue weighted by Gasteiger charge is 2.15. The van der Waals surface area contributed by atoms with Crippen molar-refractivity contribution >= 4 is 29.2 Å². The average molecular weight is 354 g/mol. The Hall–Kier alpha value is -2.74. The van der Waals surface area contributed by atoms with Gasteiger partial charge in [0.15, 0.2) is 17.3 Å². The van der Waals surface area contributed by atoms with Crippen LogP contribution < -0.4 is 9.47 Å². The Morgan fingerprint density at radius 1 is 1.21 bits per heavy atom. The molecule has 8 heteroatoms. The summed E-state index contributed by atoms with van der Waals surface area (Å²) in [5.74, 6) is -1.65. The van der Waals surface area contributed by atoms with Crippen LogP contribution in [0.1, 0.15) is 24.9 Å². The highest BCUT2D eigenvalue weighted by molar-refractivity contribution is 7.16. The van der Waals surface area contributed by atoms with Crippen molar-refractivity contribution in [2.75, 3.05) is 7.11 Å². The van der Waals surface area contributed by atoms with Gasteiger partial charge in [0.25, 0.3) is 0 Å². The zero-order valence-corrected chi connectivity index (χ0v) is 13.2. The lowest BCUT2D eigenvalue weighted by Gasteiger charge is -2.12. The van der Waals surface area contributed by atoms with Crippen molar-refractivity contribution in [3.8, 4) is 11.5 Å². The lowest BCUT2D eigenvalue weighted by molar-refractivity contribution is -0.0513. The number of methoxy groups -OCH3 is 1. The Morgan fingerprint density at radius 3 is 2.50 bits per heavy atom. The van der Waals surface area contributed by atoms with Crippen molar-refractivity contribution in [2.45, 2.75) is 6.61 Å². The van der Waals surface area contributed by atoms with E-state index in [9.17, 15) is 18.4 Å². The van der Waals surface area contributed by atoms with Crippen LogP contribution in [0, 0.1) is 0 Å². The number of carbonyl (C=O) groups is 2. The molecule has 2 rings (SSSR count). The van der Waals surface area contributed by atoms with E-state index < -0.39 is 18.4 Å². The zero-order valence-electron chi connectivity index (χ0n) is 12.4. The molecular formula is C16H12F2O5S. The third kappa shape index (κ3) is 4.17. The second-order valence-electron chi connectivity index (χ2n) is 4.42. The van der Waals surface area contributed by atoms with E-state index in [1.54, 1.807) is 6.07 Å². The fourth-order valence-corrected chi connectivity index (χ4v) is 2.64. The van der Waals surface area contributed by atoms with Gasteiger partial charge in [-0.2, -0.15) is 8.78 Å². The number of aromatic carboxylic acids is 1. The molecule has 0 saturated heterocycles. The number of ketones is 1. The number of hydrogen-bond donors (Lipinski definition) is 1. The number of thiophene rings is 1. The second kappa shape index (κ2) is 7.69. The molecule has 0 unspecified atom stereocenters. The van der Waals surface area contributed by atoms with Gasteiger partial charge in [0.05, 0.1) is 12.0 Å². The second-order valence-corrected chi connectivity index (χ2v) is 5.51. The summed E-state index contributed by atoms with van der Waals surface area (Å²) >= 11 is 0.830. The number of allylic oxidation sites excluding steroid dienone is 1. The zero-order chi connectivity index (χ0) is 17.7. The fourth-order valence-electron chi connectivity index (χ4n) is 1.87. The molecule has 24 heavy (non-hydrogen) atoms. The predicted octanol–water partition coefficient (Wildman–Crippen LogP) is 3.95. The highest BCUT2D eigenvalue weighted by atomic mass is 32.1. The quantitative estimate of drug-likeness (QED) is 0.602. The summed E-state index contributed by atoms with van der Waals surface area (Å²) < 4.78 is 34.5. The third-order valence-electron chi connectivity index (χ3n) is 2.91. The van der Waals surface area contributed by atoms with Crippen molar-refractivity contribution in [3.05, 3.63) is 51.7 Å². The van der Waals surface area contributed by atoms with Gasteiger partial charge in [-0.3, -0.25) is 4.79 Å². The summed E-state index contributed by atoms with van der Waals surface area (Å²) in [6.45, 7) is -3.04. The van der Waals surface area contributed by atoms with Crippen LogP contribution in [0.25, 0.3) is 6.08 Å². The minimum atomic E-state index is -3.04. The van der Waals surface area contributed by atoms with Crippen LogP contribution in [0.2, 0.25) is 0 Å². The van der Waals surface area contributed by atoms with Gasteiger partial charge in [-0.15, -0.1) is 11.3 Å². The van der Waals surface area contributed by atoms with Crippen LogP contribution in [0.5, 0.6) is 11.5 Å². The fraction of sp³-hybridized carbons (Fsp3) is 0.125. The van der Waals surface area contributed by atoms with Crippen molar-refractivity contribution in [1.82, 2.24) is 0 Å². The van der Waals surface area contributed by atoms with Crippen molar-refractivity contribution < 1.29 is 33.0 Å². The summed E-state index contributed by atoms with van der Waals surface area (Å²) in [5.41, 5.74) is 0.234. The maximum absolute atomic E-state index is 12.5. The summed E-state index contributed by atoms with van der Waals surface area (Å²) in [4.78, 5) is 23.1. The van der Waals surface area contributed by atoms with Crippen LogP contribution in [-0.2, 0) is 0 Å². The number of benzene rings is 1. The molecule has 0 bridgehead atoms. The van der Waals surface area contributed by atoms with Crippen LogP contribution in [0.3, 0.4) is 0 Å². The Kier molecular flexibility index (Phi) is 5.64. The molecule has 0 atom stereocenters. The van der Waals surface area contributed by atoms with Crippen LogP contribution in [0.15, 0.2) is 36.4 Å². The number of carboxylic acid groups (broad SMARTS) is 1. The summed E-state index contributed by atoms with van der Waals surface area (Å²) in [6.07, 6.45) is 2.47. The van der Waals surface area contributed by atoms with E-state index in [4.69, 9.17) is 9.84 Å². The Labute approximate surface area is 139 Å².